The predicted molar refractivity (Wildman–Crippen MR) is 117 cm³/mol. The summed E-state index contributed by atoms with van der Waals surface area (Å²) in [5, 5.41) is -0.293. The molecule has 1 atom stereocenters. The predicted octanol–water partition coefficient (Wildman–Crippen LogP) is 5.01. The molecule has 1 amide bonds. The molecule has 3 nitrogen and oxygen atoms in total. The summed E-state index contributed by atoms with van der Waals surface area (Å²) in [5.41, 5.74) is 1.61. The highest BCUT2D eigenvalue weighted by Crippen LogP contribution is 2.37. The zero-order valence-electron chi connectivity index (χ0n) is 16.1. The molecular weight excluding hydrogens is 383 g/mol. The Balaban J connectivity index is 1.49. The van der Waals surface area contributed by atoms with Gasteiger partial charge in [-0.05, 0) is 29.8 Å². The number of carbonyl (C=O) groups excluding carboxylic acids is 1. The van der Waals surface area contributed by atoms with Gasteiger partial charge in [0.05, 0.1) is 5.69 Å². The van der Waals surface area contributed by atoms with Crippen LogP contribution in [0.15, 0.2) is 89.8 Å². The van der Waals surface area contributed by atoms with E-state index in [1.54, 1.807) is 23.9 Å². The van der Waals surface area contributed by atoms with Gasteiger partial charge in [0.1, 0.15) is 11.1 Å². The van der Waals surface area contributed by atoms with E-state index in [0.29, 0.717) is 31.9 Å². The van der Waals surface area contributed by atoms with Crippen molar-refractivity contribution >= 4 is 23.4 Å². The topological polar surface area (TPSA) is 23.6 Å². The van der Waals surface area contributed by atoms with Gasteiger partial charge < -0.3 is 9.80 Å². The van der Waals surface area contributed by atoms with Gasteiger partial charge in [-0.25, -0.2) is 4.39 Å². The van der Waals surface area contributed by atoms with Crippen molar-refractivity contribution in [3.63, 3.8) is 0 Å². The molecule has 3 aromatic carbocycles. The minimum atomic E-state index is -0.293. The molecule has 1 aliphatic heterocycles. The van der Waals surface area contributed by atoms with Crippen LogP contribution < -0.4 is 4.90 Å². The molecule has 0 bridgehead atoms. The molecule has 0 N–H and O–H groups in total. The number of amides is 1. The summed E-state index contributed by atoms with van der Waals surface area (Å²) in [4.78, 5) is 18.4. The van der Waals surface area contributed by atoms with Crippen LogP contribution in [-0.2, 0) is 4.79 Å². The maximum Gasteiger partial charge on any atom is 0.240 e. The van der Waals surface area contributed by atoms with E-state index in [2.05, 4.69) is 0 Å². The zero-order valence-corrected chi connectivity index (χ0v) is 16.9. The van der Waals surface area contributed by atoms with Crippen molar-refractivity contribution < 1.29 is 9.18 Å². The van der Waals surface area contributed by atoms with E-state index < -0.39 is 0 Å². The van der Waals surface area contributed by atoms with E-state index in [0.717, 1.165) is 10.5 Å². The average molecular weight is 407 g/mol. The van der Waals surface area contributed by atoms with Gasteiger partial charge in [0, 0.05) is 31.1 Å². The van der Waals surface area contributed by atoms with Crippen LogP contribution in [-0.4, -0.2) is 37.0 Å². The van der Waals surface area contributed by atoms with Gasteiger partial charge in [0.2, 0.25) is 5.91 Å². The van der Waals surface area contributed by atoms with Gasteiger partial charge in [-0.2, -0.15) is 0 Å². The lowest BCUT2D eigenvalue weighted by Gasteiger charge is -2.37. The third kappa shape index (κ3) is 4.62. The highest BCUT2D eigenvalue weighted by molar-refractivity contribution is 8.00. The Morgan fingerprint density at radius 3 is 2.03 bits per heavy atom. The van der Waals surface area contributed by atoms with Gasteiger partial charge in [-0.3, -0.25) is 4.79 Å². The Hall–Kier alpha value is -2.79. The first kappa shape index (κ1) is 19.5. The van der Waals surface area contributed by atoms with Gasteiger partial charge in [0.25, 0.3) is 0 Å². The molecule has 1 saturated heterocycles. The van der Waals surface area contributed by atoms with E-state index in [9.17, 15) is 9.18 Å². The summed E-state index contributed by atoms with van der Waals surface area (Å²) >= 11 is 1.58. The maximum atomic E-state index is 14.1. The minimum absolute atomic E-state index is 0.109. The summed E-state index contributed by atoms with van der Waals surface area (Å²) < 4.78 is 14.1. The van der Waals surface area contributed by atoms with Crippen molar-refractivity contribution in [1.82, 2.24) is 4.90 Å². The van der Waals surface area contributed by atoms with Crippen LogP contribution in [0, 0.1) is 5.82 Å². The molecule has 148 valence electrons. The molecule has 3 aromatic rings. The van der Waals surface area contributed by atoms with E-state index >= 15 is 0 Å². The summed E-state index contributed by atoms with van der Waals surface area (Å²) in [6, 6.07) is 26.8. The first-order valence-corrected chi connectivity index (χ1v) is 10.7. The van der Waals surface area contributed by atoms with Crippen molar-refractivity contribution in [1.29, 1.82) is 0 Å². The monoisotopic (exact) mass is 406 g/mol. The number of hydrogen-bond acceptors (Lipinski definition) is 3. The molecule has 29 heavy (non-hydrogen) atoms. The summed E-state index contributed by atoms with van der Waals surface area (Å²) in [7, 11) is 0. The van der Waals surface area contributed by atoms with E-state index in [4.69, 9.17) is 0 Å². The Labute approximate surface area is 175 Å². The Morgan fingerprint density at radius 2 is 1.38 bits per heavy atom. The van der Waals surface area contributed by atoms with Gasteiger partial charge in [-0.15, -0.1) is 11.8 Å². The van der Waals surface area contributed by atoms with Gasteiger partial charge >= 0.3 is 0 Å². The zero-order chi connectivity index (χ0) is 20.1. The molecule has 0 spiro atoms. The van der Waals surface area contributed by atoms with E-state index in [1.807, 2.05) is 76.5 Å². The number of thioether (sulfide) groups is 1. The van der Waals surface area contributed by atoms with Crippen LogP contribution in [0.4, 0.5) is 10.1 Å². The molecule has 4 rings (SSSR count). The highest BCUT2D eigenvalue weighted by Gasteiger charge is 2.30. The van der Waals surface area contributed by atoms with Gasteiger partial charge in [0.15, 0.2) is 0 Å². The molecule has 0 aliphatic carbocycles. The van der Waals surface area contributed by atoms with Crippen LogP contribution in [0.3, 0.4) is 0 Å². The van der Waals surface area contributed by atoms with Gasteiger partial charge in [-0.1, -0.05) is 60.7 Å². The van der Waals surface area contributed by atoms with Crippen LogP contribution in [0.25, 0.3) is 0 Å². The molecule has 0 saturated carbocycles. The minimum Gasteiger partial charge on any atom is -0.366 e. The van der Waals surface area contributed by atoms with E-state index in [1.165, 1.54) is 6.07 Å². The fourth-order valence-electron chi connectivity index (χ4n) is 3.57. The molecule has 1 fully saturated rings. The van der Waals surface area contributed by atoms with Crippen molar-refractivity contribution in [2.75, 3.05) is 31.1 Å². The number of nitrogens with zero attached hydrogens (tertiary/aromatic N) is 2. The summed E-state index contributed by atoms with van der Waals surface area (Å²) in [5.74, 6) is -0.104. The lowest BCUT2D eigenvalue weighted by Crippen LogP contribution is -2.50. The van der Waals surface area contributed by atoms with Crippen molar-refractivity contribution in [3.8, 4) is 0 Å². The smallest absolute Gasteiger partial charge is 0.240 e. The number of anilines is 1. The van der Waals surface area contributed by atoms with Crippen LogP contribution >= 0.6 is 11.8 Å². The number of rotatable bonds is 5. The normalized spacial score (nSPS) is 15.2. The van der Waals surface area contributed by atoms with Crippen molar-refractivity contribution in [2.45, 2.75) is 10.1 Å². The molecule has 0 radical (unpaired) electrons. The van der Waals surface area contributed by atoms with Crippen LogP contribution in [0.2, 0.25) is 0 Å². The standard InChI is InChI=1S/C24H23FN2OS/c25-21-13-7-8-14-22(21)26-15-17-27(18-16-26)24(28)23(19-9-3-1-4-10-19)29-20-11-5-2-6-12-20/h1-14,23H,15-18H2/t23-/m1/s1. The first-order valence-electron chi connectivity index (χ1n) is 9.77. The fraction of sp³-hybridized carbons (Fsp3) is 0.208. The third-order valence-electron chi connectivity index (χ3n) is 5.11. The number of para-hydroxylation sites is 1. The molecule has 0 unspecified atom stereocenters. The number of halogens is 1. The van der Waals surface area contributed by atoms with Crippen molar-refractivity contribution in [3.05, 3.63) is 96.3 Å². The molecule has 1 aliphatic rings. The first-order chi connectivity index (χ1) is 14.2. The number of hydrogen-bond donors (Lipinski definition) is 0. The third-order valence-corrected chi connectivity index (χ3v) is 6.36. The second kappa shape index (κ2) is 9.14. The SMILES string of the molecule is O=C([C@H](Sc1ccccc1)c1ccccc1)N1CCN(c2ccccc2F)CC1. The molecule has 1 heterocycles. The number of piperazine rings is 1. The Morgan fingerprint density at radius 1 is 0.793 bits per heavy atom. The summed E-state index contributed by atoms with van der Waals surface area (Å²) in [6.45, 7) is 2.44. The molecular formula is C24H23FN2OS. The Kier molecular flexibility index (Phi) is 6.15. The molecule has 0 aromatic heterocycles. The van der Waals surface area contributed by atoms with Crippen molar-refractivity contribution in [2.24, 2.45) is 0 Å². The average Bonchev–Trinajstić information content (AvgIpc) is 2.79. The second-order valence-electron chi connectivity index (χ2n) is 6.99. The number of benzene rings is 3. The largest absolute Gasteiger partial charge is 0.366 e. The molecule has 5 heteroatoms. The quantitative estimate of drug-likeness (QED) is 0.557. The van der Waals surface area contributed by atoms with Crippen LogP contribution in [0.5, 0.6) is 0 Å². The number of carbonyl (C=O) groups is 1. The fourth-order valence-corrected chi connectivity index (χ4v) is 4.70. The lowest BCUT2D eigenvalue weighted by molar-refractivity contribution is -0.131. The Bertz CT molecular complexity index is 943. The lowest BCUT2D eigenvalue weighted by atomic mass is 10.1. The highest BCUT2D eigenvalue weighted by atomic mass is 32.2. The second-order valence-corrected chi connectivity index (χ2v) is 8.16. The maximum absolute atomic E-state index is 14.1. The van der Waals surface area contributed by atoms with E-state index in [-0.39, 0.29) is 17.0 Å². The summed E-state index contributed by atoms with van der Waals surface area (Å²) in [6.07, 6.45) is 0. The van der Waals surface area contributed by atoms with Crippen LogP contribution in [0.1, 0.15) is 10.8 Å².